The van der Waals surface area contributed by atoms with Crippen LogP contribution in [0.15, 0.2) is 36.7 Å². The van der Waals surface area contributed by atoms with E-state index in [0.29, 0.717) is 16.1 Å². The summed E-state index contributed by atoms with van der Waals surface area (Å²) < 4.78 is 45.9. The molecule has 25 heavy (non-hydrogen) atoms. The molecule has 0 atom stereocenters. The SMILES string of the molecule is CCOC(=O)c1cn2ncc(-c3ccc(Cl)cc3)c2nc1C(F)(F)F. The topological polar surface area (TPSA) is 56.5 Å². The fourth-order valence-electron chi connectivity index (χ4n) is 2.32. The maximum Gasteiger partial charge on any atom is 0.434 e. The van der Waals surface area contributed by atoms with E-state index in [-0.39, 0.29) is 12.3 Å². The highest BCUT2D eigenvalue weighted by atomic mass is 35.5. The molecule has 0 saturated carbocycles. The Morgan fingerprint density at radius 3 is 2.56 bits per heavy atom. The van der Waals surface area contributed by atoms with E-state index < -0.39 is 23.4 Å². The van der Waals surface area contributed by atoms with Crippen LogP contribution >= 0.6 is 11.6 Å². The first-order valence-corrected chi connectivity index (χ1v) is 7.57. The zero-order chi connectivity index (χ0) is 18.2. The van der Waals surface area contributed by atoms with Crippen molar-refractivity contribution in [2.75, 3.05) is 6.61 Å². The van der Waals surface area contributed by atoms with Crippen LogP contribution in [-0.2, 0) is 10.9 Å². The maximum absolute atomic E-state index is 13.4. The van der Waals surface area contributed by atoms with Crippen LogP contribution in [0, 0.1) is 0 Å². The summed E-state index contributed by atoms with van der Waals surface area (Å²) in [5, 5.41) is 4.48. The van der Waals surface area contributed by atoms with Crippen LogP contribution in [0.25, 0.3) is 16.8 Å². The van der Waals surface area contributed by atoms with Crippen LogP contribution in [0.3, 0.4) is 0 Å². The molecule has 9 heteroatoms. The Morgan fingerprint density at radius 2 is 1.96 bits per heavy atom. The van der Waals surface area contributed by atoms with Gasteiger partial charge in [0, 0.05) is 16.8 Å². The number of halogens is 4. The average Bonchev–Trinajstić information content (AvgIpc) is 2.97. The second kappa shape index (κ2) is 6.36. The number of hydrogen-bond acceptors (Lipinski definition) is 4. The fraction of sp³-hybridized carbons (Fsp3) is 0.188. The smallest absolute Gasteiger partial charge is 0.434 e. The Labute approximate surface area is 145 Å². The average molecular weight is 370 g/mol. The lowest BCUT2D eigenvalue weighted by Gasteiger charge is -2.12. The van der Waals surface area contributed by atoms with Gasteiger partial charge in [0.25, 0.3) is 0 Å². The van der Waals surface area contributed by atoms with Crippen molar-refractivity contribution in [2.45, 2.75) is 13.1 Å². The van der Waals surface area contributed by atoms with E-state index in [1.165, 1.54) is 13.1 Å². The predicted octanol–water partition coefficient (Wildman–Crippen LogP) is 4.25. The van der Waals surface area contributed by atoms with Gasteiger partial charge in [-0.1, -0.05) is 23.7 Å². The highest BCUT2D eigenvalue weighted by molar-refractivity contribution is 6.30. The number of fused-ring (bicyclic) bond motifs is 1. The molecule has 5 nitrogen and oxygen atoms in total. The van der Waals surface area contributed by atoms with Gasteiger partial charge in [-0.3, -0.25) is 0 Å². The summed E-state index contributed by atoms with van der Waals surface area (Å²) in [5.41, 5.74) is -1.04. The second-order valence-electron chi connectivity index (χ2n) is 5.05. The number of carbonyl (C=O) groups is 1. The quantitative estimate of drug-likeness (QED) is 0.648. The number of ether oxygens (including phenoxy) is 1. The molecule has 3 aromatic rings. The normalized spacial score (nSPS) is 11.7. The number of aromatic nitrogens is 3. The van der Waals surface area contributed by atoms with Crippen LogP contribution in [0.4, 0.5) is 13.2 Å². The van der Waals surface area contributed by atoms with E-state index in [9.17, 15) is 18.0 Å². The van der Waals surface area contributed by atoms with Gasteiger partial charge in [-0.25, -0.2) is 14.3 Å². The van der Waals surface area contributed by atoms with Crippen molar-refractivity contribution in [1.29, 1.82) is 0 Å². The third-order valence-electron chi connectivity index (χ3n) is 3.41. The predicted molar refractivity (Wildman–Crippen MR) is 84.4 cm³/mol. The first kappa shape index (κ1) is 17.2. The minimum absolute atomic E-state index is 0.0253. The molecule has 0 N–H and O–H groups in total. The number of hydrogen-bond donors (Lipinski definition) is 0. The minimum atomic E-state index is -4.81. The van der Waals surface area contributed by atoms with E-state index in [2.05, 4.69) is 14.8 Å². The van der Waals surface area contributed by atoms with Gasteiger partial charge < -0.3 is 4.74 Å². The number of rotatable bonds is 3. The Balaban J connectivity index is 2.22. The summed E-state index contributed by atoms with van der Waals surface area (Å²) in [6.07, 6.45) is -2.46. The molecule has 0 saturated heterocycles. The number of benzene rings is 1. The molecule has 0 aliphatic heterocycles. The van der Waals surface area contributed by atoms with Gasteiger partial charge in [0.1, 0.15) is 5.56 Å². The summed E-state index contributed by atoms with van der Waals surface area (Å²) in [6.45, 7) is 1.45. The van der Waals surface area contributed by atoms with Crippen LogP contribution in [0.2, 0.25) is 5.02 Å². The number of carbonyl (C=O) groups excluding carboxylic acids is 1. The van der Waals surface area contributed by atoms with E-state index in [4.69, 9.17) is 11.6 Å². The molecule has 1 aromatic carbocycles. The van der Waals surface area contributed by atoms with Crippen molar-refractivity contribution in [1.82, 2.24) is 14.6 Å². The molecule has 0 unspecified atom stereocenters. The van der Waals surface area contributed by atoms with Crippen LogP contribution < -0.4 is 0 Å². The van der Waals surface area contributed by atoms with Crippen molar-refractivity contribution in [3.63, 3.8) is 0 Å². The monoisotopic (exact) mass is 369 g/mol. The summed E-state index contributed by atoms with van der Waals surface area (Å²) in [5.74, 6) is -1.10. The van der Waals surface area contributed by atoms with E-state index in [1.807, 2.05) is 0 Å². The Bertz CT molecular complexity index is 936. The molecule has 0 spiro atoms. The van der Waals surface area contributed by atoms with E-state index in [1.54, 1.807) is 24.3 Å². The lowest BCUT2D eigenvalue weighted by molar-refractivity contribution is -0.141. The van der Waals surface area contributed by atoms with E-state index >= 15 is 0 Å². The lowest BCUT2D eigenvalue weighted by atomic mass is 10.1. The zero-order valence-corrected chi connectivity index (χ0v) is 13.6. The van der Waals surface area contributed by atoms with Crippen molar-refractivity contribution < 1.29 is 22.7 Å². The van der Waals surface area contributed by atoms with Crippen molar-refractivity contribution in [2.24, 2.45) is 0 Å². The van der Waals surface area contributed by atoms with E-state index in [0.717, 1.165) is 10.7 Å². The van der Waals surface area contributed by atoms with Crippen molar-refractivity contribution >= 4 is 23.2 Å². The molecule has 0 aliphatic rings. The zero-order valence-electron chi connectivity index (χ0n) is 12.8. The summed E-state index contributed by atoms with van der Waals surface area (Å²) in [4.78, 5) is 15.5. The van der Waals surface area contributed by atoms with Crippen molar-refractivity contribution in [3.8, 4) is 11.1 Å². The molecular weight excluding hydrogens is 359 g/mol. The second-order valence-corrected chi connectivity index (χ2v) is 5.49. The molecule has 130 valence electrons. The Morgan fingerprint density at radius 1 is 1.28 bits per heavy atom. The molecule has 0 bridgehead atoms. The van der Waals surface area contributed by atoms with Gasteiger partial charge in [0.15, 0.2) is 11.3 Å². The van der Waals surface area contributed by atoms with Crippen LogP contribution in [0.1, 0.15) is 23.0 Å². The fourth-order valence-corrected chi connectivity index (χ4v) is 2.44. The van der Waals surface area contributed by atoms with Crippen molar-refractivity contribution in [3.05, 3.63) is 52.9 Å². The van der Waals surface area contributed by atoms with Gasteiger partial charge >= 0.3 is 12.1 Å². The minimum Gasteiger partial charge on any atom is -0.462 e. The van der Waals surface area contributed by atoms with Gasteiger partial charge in [-0.05, 0) is 24.6 Å². The molecule has 0 aliphatic carbocycles. The summed E-state index contributed by atoms with van der Waals surface area (Å²) in [6, 6.07) is 6.51. The molecule has 3 rings (SSSR count). The van der Waals surface area contributed by atoms with Gasteiger partial charge in [0.2, 0.25) is 0 Å². The van der Waals surface area contributed by atoms with Gasteiger partial charge in [-0.15, -0.1) is 0 Å². The molecular formula is C16H11ClF3N3O2. The summed E-state index contributed by atoms with van der Waals surface area (Å²) in [7, 11) is 0. The maximum atomic E-state index is 13.4. The number of alkyl halides is 3. The first-order valence-electron chi connectivity index (χ1n) is 7.20. The standard InChI is InChI=1S/C16H11ClF3N3O2/c1-2-25-15(24)12-8-23-14(22-13(12)16(18,19)20)11(7-21-23)9-3-5-10(17)6-4-9/h3-8H,2H2,1H3. The number of nitrogens with zero attached hydrogens (tertiary/aromatic N) is 3. The Hall–Kier alpha value is -2.61. The third-order valence-corrected chi connectivity index (χ3v) is 3.66. The lowest BCUT2D eigenvalue weighted by Crippen LogP contribution is -2.19. The summed E-state index contributed by atoms with van der Waals surface area (Å²) >= 11 is 5.83. The Kier molecular flexibility index (Phi) is 4.38. The van der Waals surface area contributed by atoms with Gasteiger partial charge in [-0.2, -0.15) is 18.3 Å². The van der Waals surface area contributed by atoms with Crippen LogP contribution in [0.5, 0.6) is 0 Å². The largest absolute Gasteiger partial charge is 0.462 e. The highest BCUT2D eigenvalue weighted by Crippen LogP contribution is 2.33. The first-order chi connectivity index (χ1) is 11.8. The molecule has 0 fully saturated rings. The molecule has 2 heterocycles. The highest BCUT2D eigenvalue weighted by Gasteiger charge is 2.39. The number of esters is 1. The molecule has 0 radical (unpaired) electrons. The van der Waals surface area contributed by atoms with Gasteiger partial charge in [0.05, 0.1) is 12.8 Å². The molecule has 2 aromatic heterocycles. The molecule has 0 amide bonds. The van der Waals surface area contributed by atoms with Crippen LogP contribution in [-0.4, -0.2) is 27.2 Å². The third kappa shape index (κ3) is 3.30.